The van der Waals surface area contributed by atoms with Crippen LogP contribution >= 0.6 is 11.6 Å². The summed E-state index contributed by atoms with van der Waals surface area (Å²) in [5.74, 6) is 0. The van der Waals surface area contributed by atoms with Crippen LogP contribution in [0.25, 0.3) is 0 Å². The predicted octanol–water partition coefficient (Wildman–Crippen LogP) is 2.97. The zero-order valence-corrected chi connectivity index (χ0v) is 15.7. The lowest BCUT2D eigenvalue weighted by Crippen LogP contribution is -2.47. The maximum atomic E-state index is 11.4. The Balaban J connectivity index is 1.72. The van der Waals surface area contributed by atoms with Crippen LogP contribution in [0, 0.1) is 10.1 Å². The van der Waals surface area contributed by atoms with Crippen LogP contribution < -0.4 is 10.2 Å². The molecule has 0 bridgehead atoms. The summed E-state index contributed by atoms with van der Waals surface area (Å²) in [6.07, 6.45) is 0. The topological polar surface area (TPSA) is 81.9 Å². The second kappa shape index (κ2) is 9.03. The Labute approximate surface area is 163 Å². The Hall–Kier alpha value is -2.35. The summed E-state index contributed by atoms with van der Waals surface area (Å²) in [5.41, 5.74) is 2.52. The molecule has 8 heteroatoms. The van der Waals surface area contributed by atoms with Crippen LogP contribution in [-0.2, 0) is 6.54 Å². The van der Waals surface area contributed by atoms with Gasteiger partial charge in [0.25, 0.3) is 5.69 Å². The monoisotopic (exact) mass is 390 g/mol. The lowest BCUT2D eigenvalue weighted by Gasteiger charge is -2.35. The summed E-state index contributed by atoms with van der Waals surface area (Å²) in [5, 5.41) is 24.3. The number of hydrogen-bond acceptors (Lipinski definition) is 6. The van der Waals surface area contributed by atoms with E-state index in [0.29, 0.717) is 23.8 Å². The van der Waals surface area contributed by atoms with Gasteiger partial charge in [0.1, 0.15) is 5.69 Å². The molecule has 1 aliphatic rings. The predicted molar refractivity (Wildman–Crippen MR) is 108 cm³/mol. The van der Waals surface area contributed by atoms with Crippen molar-refractivity contribution in [1.82, 2.24) is 4.90 Å². The van der Waals surface area contributed by atoms with E-state index < -0.39 is 0 Å². The fraction of sp³-hybridized carbons (Fsp3) is 0.368. The first-order valence-electron chi connectivity index (χ1n) is 8.92. The number of hydrogen-bond donors (Lipinski definition) is 2. The van der Waals surface area contributed by atoms with Crippen LogP contribution in [0.3, 0.4) is 0 Å². The molecule has 0 radical (unpaired) electrons. The van der Waals surface area contributed by atoms with Gasteiger partial charge in [-0.1, -0.05) is 23.7 Å². The smallest absolute Gasteiger partial charge is 0.292 e. The first kappa shape index (κ1) is 19.4. The van der Waals surface area contributed by atoms with E-state index in [1.54, 1.807) is 24.3 Å². The number of nitrogens with zero attached hydrogens (tertiary/aromatic N) is 3. The van der Waals surface area contributed by atoms with Gasteiger partial charge in [0.2, 0.25) is 0 Å². The highest BCUT2D eigenvalue weighted by Gasteiger charge is 2.20. The number of nitrogens with one attached hydrogen (secondary N) is 1. The summed E-state index contributed by atoms with van der Waals surface area (Å²) in [6.45, 7) is 4.71. The summed E-state index contributed by atoms with van der Waals surface area (Å²) in [7, 11) is 0. The molecule has 3 rings (SSSR count). The van der Waals surface area contributed by atoms with Crippen molar-refractivity contribution >= 4 is 28.7 Å². The number of nitro benzene ring substituents is 1. The third-order valence-corrected chi connectivity index (χ3v) is 4.98. The molecule has 7 nitrogen and oxygen atoms in total. The molecule has 144 valence electrons. The van der Waals surface area contributed by atoms with E-state index in [4.69, 9.17) is 16.7 Å². The van der Waals surface area contributed by atoms with Crippen LogP contribution in [0.15, 0.2) is 42.5 Å². The summed E-state index contributed by atoms with van der Waals surface area (Å²) in [4.78, 5) is 15.4. The maximum Gasteiger partial charge on any atom is 0.292 e. The minimum Gasteiger partial charge on any atom is -0.395 e. The van der Waals surface area contributed by atoms with Gasteiger partial charge in [-0.15, -0.1) is 0 Å². The highest BCUT2D eigenvalue weighted by molar-refractivity contribution is 6.30. The Kier molecular flexibility index (Phi) is 6.49. The van der Waals surface area contributed by atoms with Crippen molar-refractivity contribution < 1.29 is 10.0 Å². The van der Waals surface area contributed by atoms with Gasteiger partial charge in [0, 0.05) is 56.0 Å². The quantitative estimate of drug-likeness (QED) is 0.558. The highest BCUT2D eigenvalue weighted by Crippen LogP contribution is 2.30. The SMILES string of the molecule is O=[N+]([O-])c1ccc(N2CCN(CCO)CC2)cc1NCc1ccc(Cl)cc1. The van der Waals surface area contributed by atoms with E-state index in [1.165, 1.54) is 0 Å². The van der Waals surface area contributed by atoms with E-state index in [2.05, 4.69) is 15.1 Å². The molecule has 0 spiro atoms. The van der Waals surface area contributed by atoms with Gasteiger partial charge in [-0.3, -0.25) is 15.0 Å². The number of aliphatic hydroxyl groups excluding tert-OH is 1. The maximum absolute atomic E-state index is 11.4. The van der Waals surface area contributed by atoms with E-state index in [-0.39, 0.29) is 17.2 Å². The number of benzene rings is 2. The van der Waals surface area contributed by atoms with Crippen molar-refractivity contribution in [2.75, 3.05) is 49.5 Å². The minimum absolute atomic E-state index is 0.0617. The number of piperazine rings is 1. The van der Waals surface area contributed by atoms with Gasteiger partial charge in [-0.2, -0.15) is 0 Å². The minimum atomic E-state index is -0.368. The third-order valence-electron chi connectivity index (χ3n) is 4.73. The molecule has 0 aromatic heterocycles. The van der Waals surface area contributed by atoms with Crippen LogP contribution in [0.2, 0.25) is 5.02 Å². The number of anilines is 2. The molecule has 0 amide bonds. The normalized spacial score (nSPS) is 15.0. The molecule has 0 unspecified atom stereocenters. The van der Waals surface area contributed by atoms with E-state index in [1.807, 2.05) is 18.2 Å². The Morgan fingerprint density at radius 2 is 1.81 bits per heavy atom. The van der Waals surface area contributed by atoms with Crippen molar-refractivity contribution in [3.63, 3.8) is 0 Å². The zero-order valence-electron chi connectivity index (χ0n) is 15.0. The van der Waals surface area contributed by atoms with Crippen molar-refractivity contribution in [3.8, 4) is 0 Å². The number of β-amino-alcohol motifs (C(OH)–C–C–N with tert-alkyl or cyclic N) is 1. The lowest BCUT2D eigenvalue weighted by molar-refractivity contribution is -0.384. The molecule has 27 heavy (non-hydrogen) atoms. The molecular formula is C19H23ClN4O3. The van der Waals surface area contributed by atoms with Crippen molar-refractivity contribution in [3.05, 3.63) is 63.2 Å². The largest absolute Gasteiger partial charge is 0.395 e. The van der Waals surface area contributed by atoms with Gasteiger partial charge in [0.05, 0.1) is 11.5 Å². The molecule has 2 aromatic rings. The molecule has 0 saturated carbocycles. The second-order valence-corrected chi connectivity index (χ2v) is 6.93. The van der Waals surface area contributed by atoms with E-state index in [0.717, 1.165) is 37.4 Å². The number of rotatable bonds is 7. The number of nitro groups is 1. The van der Waals surface area contributed by atoms with Gasteiger partial charge in [-0.05, 0) is 29.8 Å². The van der Waals surface area contributed by atoms with Crippen LogP contribution in [0.5, 0.6) is 0 Å². The lowest BCUT2D eigenvalue weighted by atomic mass is 10.1. The van der Waals surface area contributed by atoms with Gasteiger partial charge in [-0.25, -0.2) is 0 Å². The molecule has 1 heterocycles. The summed E-state index contributed by atoms with van der Waals surface area (Å²) >= 11 is 5.90. The molecule has 1 fully saturated rings. The van der Waals surface area contributed by atoms with Crippen LogP contribution in [0.1, 0.15) is 5.56 Å². The number of halogens is 1. The Morgan fingerprint density at radius 1 is 1.11 bits per heavy atom. The zero-order chi connectivity index (χ0) is 19.2. The van der Waals surface area contributed by atoms with E-state index >= 15 is 0 Å². The van der Waals surface area contributed by atoms with Crippen molar-refractivity contribution in [2.45, 2.75) is 6.54 Å². The molecule has 1 saturated heterocycles. The molecule has 0 aliphatic carbocycles. The molecule has 2 aromatic carbocycles. The molecule has 2 N–H and O–H groups in total. The summed E-state index contributed by atoms with van der Waals surface area (Å²) in [6, 6.07) is 12.6. The van der Waals surface area contributed by atoms with Crippen molar-refractivity contribution in [1.29, 1.82) is 0 Å². The third kappa shape index (κ3) is 5.09. The first-order chi connectivity index (χ1) is 13.1. The average molecular weight is 391 g/mol. The number of aliphatic hydroxyl groups is 1. The average Bonchev–Trinajstić information content (AvgIpc) is 2.68. The molecule has 1 aliphatic heterocycles. The second-order valence-electron chi connectivity index (χ2n) is 6.49. The Bertz CT molecular complexity index is 777. The standard InChI is InChI=1S/C19H23ClN4O3/c20-16-3-1-15(2-4-16)14-21-18-13-17(5-6-19(18)24(26)27)23-9-7-22(8-10-23)11-12-25/h1-6,13,21,25H,7-12,14H2. The van der Waals surface area contributed by atoms with Gasteiger partial charge >= 0.3 is 0 Å². The fourth-order valence-corrected chi connectivity index (χ4v) is 3.32. The van der Waals surface area contributed by atoms with Crippen molar-refractivity contribution in [2.24, 2.45) is 0 Å². The van der Waals surface area contributed by atoms with Crippen LogP contribution in [0.4, 0.5) is 17.1 Å². The first-order valence-corrected chi connectivity index (χ1v) is 9.29. The molecular weight excluding hydrogens is 368 g/mol. The van der Waals surface area contributed by atoms with Crippen LogP contribution in [-0.4, -0.2) is 54.3 Å². The van der Waals surface area contributed by atoms with E-state index in [9.17, 15) is 10.1 Å². The highest BCUT2D eigenvalue weighted by atomic mass is 35.5. The molecule has 0 atom stereocenters. The van der Waals surface area contributed by atoms with Gasteiger partial charge < -0.3 is 15.3 Å². The van der Waals surface area contributed by atoms with Gasteiger partial charge in [0.15, 0.2) is 0 Å². The fourth-order valence-electron chi connectivity index (χ4n) is 3.19. The summed E-state index contributed by atoms with van der Waals surface area (Å²) < 4.78 is 0. The Morgan fingerprint density at radius 3 is 2.44 bits per heavy atom.